The molecule has 1 saturated heterocycles. The molecule has 0 saturated carbocycles. The first-order chi connectivity index (χ1) is 9.63. The van der Waals surface area contributed by atoms with E-state index in [-0.39, 0.29) is 0 Å². The number of aryl methyl sites for hydroxylation is 1. The number of hydrogen-bond donors (Lipinski definition) is 1. The van der Waals surface area contributed by atoms with Gasteiger partial charge in [0.05, 0.1) is 10.6 Å². The molecule has 0 bridgehead atoms. The van der Waals surface area contributed by atoms with Crippen LogP contribution in [0.4, 0.5) is 5.13 Å². The summed E-state index contributed by atoms with van der Waals surface area (Å²) in [7, 11) is 0. The van der Waals surface area contributed by atoms with Gasteiger partial charge in [0.2, 0.25) is 0 Å². The molecule has 1 N–H and O–H groups in total. The Morgan fingerprint density at radius 3 is 2.60 bits per heavy atom. The molecule has 1 aromatic heterocycles. The summed E-state index contributed by atoms with van der Waals surface area (Å²) in [6.45, 7) is 9.45. The molecule has 0 amide bonds. The average molecular weight is 295 g/mol. The van der Waals surface area contributed by atoms with Gasteiger partial charge < -0.3 is 14.9 Å². The Labute approximate surface area is 123 Å². The number of carboxylic acid groups (broad SMARTS) is 1. The van der Waals surface area contributed by atoms with Crippen molar-refractivity contribution in [2.75, 3.05) is 37.6 Å². The van der Waals surface area contributed by atoms with Crippen LogP contribution < -0.4 is 4.90 Å². The molecule has 2 rings (SSSR count). The molecule has 0 aliphatic carbocycles. The lowest BCUT2D eigenvalue weighted by molar-refractivity contribution is -0.131. The lowest BCUT2D eigenvalue weighted by Gasteiger charge is -2.33. The second kappa shape index (κ2) is 6.85. The highest BCUT2D eigenvalue weighted by Crippen LogP contribution is 2.28. The van der Waals surface area contributed by atoms with Gasteiger partial charge in [-0.3, -0.25) is 0 Å². The molecule has 1 aliphatic heterocycles. The molecule has 0 unspecified atom stereocenters. The van der Waals surface area contributed by atoms with Crippen molar-refractivity contribution in [3.05, 3.63) is 16.6 Å². The van der Waals surface area contributed by atoms with Crippen LogP contribution in [-0.4, -0.2) is 53.7 Å². The van der Waals surface area contributed by atoms with E-state index >= 15 is 0 Å². The first-order valence-corrected chi connectivity index (χ1v) is 7.83. The van der Waals surface area contributed by atoms with E-state index in [4.69, 9.17) is 5.11 Å². The number of carboxylic acids is 1. The minimum atomic E-state index is -0.918. The number of carbonyl (C=O) groups is 1. The molecule has 2 heterocycles. The van der Waals surface area contributed by atoms with Crippen molar-refractivity contribution < 1.29 is 9.90 Å². The van der Waals surface area contributed by atoms with Crippen LogP contribution in [0.15, 0.2) is 6.08 Å². The Morgan fingerprint density at radius 2 is 2.05 bits per heavy atom. The third kappa shape index (κ3) is 3.58. The van der Waals surface area contributed by atoms with Crippen LogP contribution in [0.25, 0.3) is 6.08 Å². The van der Waals surface area contributed by atoms with Crippen LogP contribution in [0.1, 0.15) is 24.4 Å². The number of nitrogens with zero attached hydrogens (tertiary/aromatic N) is 3. The zero-order valence-electron chi connectivity index (χ0n) is 12.0. The van der Waals surface area contributed by atoms with Crippen molar-refractivity contribution >= 4 is 28.5 Å². The highest BCUT2D eigenvalue weighted by molar-refractivity contribution is 7.16. The zero-order valence-corrected chi connectivity index (χ0v) is 12.8. The van der Waals surface area contributed by atoms with Crippen LogP contribution >= 0.6 is 11.3 Å². The molecule has 1 aliphatic rings. The summed E-state index contributed by atoms with van der Waals surface area (Å²) in [6.07, 6.45) is 3.67. The monoisotopic (exact) mass is 295 g/mol. The lowest BCUT2D eigenvalue weighted by Crippen LogP contribution is -2.46. The van der Waals surface area contributed by atoms with Crippen molar-refractivity contribution in [1.82, 2.24) is 9.88 Å². The fourth-order valence-corrected chi connectivity index (χ4v) is 3.38. The van der Waals surface area contributed by atoms with Crippen LogP contribution in [-0.2, 0) is 11.2 Å². The first-order valence-electron chi connectivity index (χ1n) is 7.02. The molecule has 1 aromatic rings. The van der Waals surface area contributed by atoms with Crippen molar-refractivity contribution in [2.45, 2.75) is 20.3 Å². The topological polar surface area (TPSA) is 56.7 Å². The Kier molecular flexibility index (Phi) is 5.14. The van der Waals surface area contributed by atoms with E-state index in [0.717, 1.165) is 54.8 Å². The van der Waals surface area contributed by atoms with E-state index in [1.165, 1.54) is 6.08 Å². The van der Waals surface area contributed by atoms with E-state index in [2.05, 4.69) is 21.7 Å². The molecule has 110 valence electrons. The van der Waals surface area contributed by atoms with Gasteiger partial charge in [-0.15, -0.1) is 0 Å². The van der Waals surface area contributed by atoms with Gasteiger partial charge in [-0.25, -0.2) is 9.78 Å². The van der Waals surface area contributed by atoms with Gasteiger partial charge in [0, 0.05) is 32.3 Å². The van der Waals surface area contributed by atoms with Crippen LogP contribution in [0.2, 0.25) is 0 Å². The number of rotatable bonds is 5. The average Bonchev–Trinajstić information content (AvgIpc) is 2.88. The smallest absolute Gasteiger partial charge is 0.328 e. The highest BCUT2D eigenvalue weighted by atomic mass is 32.1. The fraction of sp³-hybridized carbons (Fsp3) is 0.571. The normalized spacial score (nSPS) is 17.0. The molecular weight excluding hydrogens is 274 g/mol. The largest absolute Gasteiger partial charge is 0.478 e. The minimum Gasteiger partial charge on any atom is -0.478 e. The van der Waals surface area contributed by atoms with Crippen molar-refractivity contribution in [3.63, 3.8) is 0 Å². The summed E-state index contributed by atoms with van der Waals surface area (Å²) in [4.78, 5) is 21.0. The van der Waals surface area contributed by atoms with E-state index in [1.807, 2.05) is 6.92 Å². The highest BCUT2D eigenvalue weighted by Gasteiger charge is 2.19. The lowest BCUT2D eigenvalue weighted by atomic mass is 10.3. The number of hydrogen-bond acceptors (Lipinski definition) is 5. The fourth-order valence-electron chi connectivity index (χ4n) is 2.27. The Balaban J connectivity index is 2.11. The molecule has 1 fully saturated rings. The summed E-state index contributed by atoms with van der Waals surface area (Å²) < 4.78 is 0. The molecule has 0 aromatic carbocycles. The Bertz CT molecular complexity index is 491. The van der Waals surface area contributed by atoms with Gasteiger partial charge in [-0.05, 0) is 19.0 Å². The van der Waals surface area contributed by atoms with Crippen molar-refractivity contribution in [3.8, 4) is 0 Å². The van der Waals surface area contributed by atoms with Gasteiger partial charge in [0.25, 0.3) is 0 Å². The second-order valence-electron chi connectivity index (χ2n) is 4.75. The second-order valence-corrected chi connectivity index (χ2v) is 5.76. The third-order valence-corrected chi connectivity index (χ3v) is 4.64. The SMILES string of the molecule is CCc1nc(N2CCN(CC)CC2)sc1/C=C/C(=O)O. The summed E-state index contributed by atoms with van der Waals surface area (Å²) in [6, 6.07) is 0. The van der Waals surface area contributed by atoms with Crippen molar-refractivity contribution in [1.29, 1.82) is 0 Å². The summed E-state index contributed by atoms with van der Waals surface area (Å²) in [5.41, 5.74) is 0.987. The number of aliphatic carboxylic acids is 1. The molecular formula is C14H21N3O2S. The van der Waals surface area contributed by atoms with Gasteiger partial charge in [0.1, 0.15) is 0 Å². The maximum absolute atomic E-state index is 10.6. The molecule has 5 nitrogen and oxygen atoms in total. The molecule has 0 atom stereocenters. The van der Waals surface area contributed by atoms with E-state index in [1.54, 1.807) is 17.4 Å². The molecule has 0 radical (unpaired) electrons. The zero-order chi connectivity index (χ0) is 14.5. The standard InChI is InChI=1S/C14H21N3O2S/c1-3-11-12(5-6-13(18)19)20-14(15-11)17-9-7-16(4-2)8-10-17/h5-6H,3-4,7-10H2,1-2H3,(H,18,19)/b6-5+. The molecule has 0 spiro atoms. The van der Waals surface area contributed by atoms with Crippen molar-refractivity contribution in [2.24, 2.45) is 0 Å². The number of anilines is 1. The molecule has 6 heteroatoms. The number of thiazole rings is 1. The predicted octanol–water partition coefficient (Wildman–Crippen LogP) is 1.95. The first kappa shape index (κ1) is 15.0. The summed E-state index contributed by atoms with van der Waals surface area (Å²) in [5.74, 6) is -0.918. The van der Waals surface area contributed by atoms with Crippen LogP contribution in [0.5, 0.6) is 0 Å². The maximum atomic E-state index is 10.6. The van der Waals surface area contributed by atoms with Gasteiger partial charge in [0.15, 0.2) is 5.13 Å². The van der Waals surface area contributed by atoms with Gasteiger partial charge >= 0.3 is 5.97 Å². The quantitative estimate of drug-likeness (QED) is 0.841. The number of likely N-dealkylation sites (N-methyl/N-ethyl adjacent to an activating group) is 1. The Morgan fingerprint density at radius 1 is 1.35 bits per heavy atom. The third-order valence-electron chi connectivity index (χ3n) is 3.52. The summed E-state index contributed by atoms with van der Waals surface area (Å²) >= 11 is 1.59. The van der Waals surface area contributed by atoms with Gasteiger partial charge in [-0.2, -0.15) is 0 Å². The van der Waals surface area contributed by atoms with Gasteiger partial charge in [-0.1, -0.05) is 25.2 Å². The number of piperazine rings is 1. The Hall–Kier alpha value is -1.40. The minimum absolute atomic E-state index is 0.824. The van der Waals surface area contributed by atoms with E-state index in [0.29, 0.717) is 0 Å². The maximum Gasteiger partial charge on any atom is 0.328 e. The van der Waals surface area contributed by atoms with Crippen LogP contribution in [0.3, 0.4) is 0 Å². The van der Waals surface area contributed by atoms with E-state index < -0.39 is 5.97 Å². The van der Waals surface area contributed by atoms with Crippen LogP contribution in [0, 0.1) is 0 Å². The molecule has 20 heavy (non-hydrogen) atoms. The predicted molar refractivity (Wildman–Crippen MR) is 82.5 cm³/mol. The van der Waals surface area contributed by atoms with E-state index in [9.17, 15) is 4.79 Å². The summed E-state index contributed by atoms with van der Waals surface area (Å²) in [5, 5.41) is 9.75. The number of aromatic nitrogens is 1.